The van der Waals surface area contributed by atoms with E-state index in [2.05, 4.69) is 14.5 Å². The van der Waals surface area contributed by atoms with Crippen LogP contribution in [0, 0.1) is 5.92 Å². The zero-order valence-corrected chi connectivity index (χ0v) is 13.9. The van der Waals surface area contributed by atoms with Gasteiger partial charge < -0.3 is 4.57 Å². The Morgan fingerprint density at radius 3 is 2.86 bits per heavy atom. The summed E-state index contributed by atoms with van der Waals surface area (Å²) in [5, 5.41) is 0.497. The van der Waals surface area contributed by atoms with Crippen LogP contribution in [0.3, 0.4) is 0 Å². The molecule has 21 heavy (non-hydrogen) atoms. The van der Waals surface area contributed by atoms with Crippen molar-refractivity contribution >= 4 is 34.4 Å². The van der Waals surface area contributed by atoms with E-state index in [0.717, 1.165) is 35.9 Å². The first-order valence-electron chi connectivity index (χ1n) is 7.81. The molecule has 2 heterocycles. The molecule has 0 N–H and O–H groups in total. The summed E-state index contributed by atoms with van der Waals surface area (Å²) in [7, 11) is 0. The van der Waals surface area contributed by atoms with Gasteiger partial charge in [0.1, 0.15) is 11.3 Å². The molecule has 0 spiro atoms. The molecule has 0 amide bonds. The Morgan fingerprint density at radius 2 is 2.14 bits per heavy atom. The van der Waals surface area contributed by atoms with Gasteiger partial charge in [0.25, 0.3) is 0 Å². The molecule has 0 bridgehead atoms. The van der Waals surface area contributed by atoms with Gasteiger partial charge in [0.05, 0.1) is 10.4 Å². The fraction of sp³-hybridized carbons (Fsp3) is 0.625. The fourth-order valence-corrected chi connectivity index (χ4v) is 3.68. The Morgan fingerprint density at radius 1 is 1.38 bits per heavy atom. The van der Waals surface area contributed by atoms with Crippen LogP contribution in [0.25, 0.3) is 11.2 Å². The van der Waals surface area contributed by atoms with Crippen LogP contribution in [0.1, 0.15) is 56.7 Å². The maximum absolute atomic E-state index is 6.28. The van der Waals surface area contributed by atoms with Crippen molar-refractivity contribution in [1.29, 1.82) is 0 Å². The third kappa shape index (κ3) is 3.35. The van der Waals surface area contributed by atoms with E-state index in [1.807, 2.05) is 13.0 Å². The smallest absolute Gasteiger partial charge is 0.160 e. The van der Waals surface area contributed by atoms with Crippen LogP contribution in [0.2, 0.25) is 5.02 Å². The molecule has 0 aliphatic heterocycles. The van der Waals surface area contributed by atoms with Gasteiger partial charge in [0.15, 0.2) is 5.65 Å². The van der Waals surface area contributed by atoms with E-state index in [9.17, 15) is 0 Å². The van der Waals surface area contributed by atoms with Gasteiger partial charge in [-0.3, -0.25) is 0 Å². The zero-order valence-electron chi connectivity index (χ0n) is 12.4. The van der Waals surface area contributed by atoms with Crippen molar-refractivity contribution < 1.29 is 0 Å². The summed E-state index contributed by atoms with van der Waals surface area (Å²) in [5.74, 6) is 1.81. The molecule has 1 aliphatic rings. The molecule has 0 aromatic carbocycles. The SMILES string of the molecule is CC(Cl)c1nc2cc(Cl)cnc2n1CCCC1CCCC1. The van der Waals surface area contributed by atoms with E-state index >= 15 is 0 Å². The molecule has 1 unspecified atom stereocenters. The number of imidazole rings is 1. The van der Waals surface area contributed by atoms with Crippen LogP contribution in [-0.2, 0) is 6.54 Å². The number of rotatable bonds is 5. The highest BCUT2D eigenvalue weighted by Crippen LogP contribution is 2.30. The van der Waals surface area contributed by atoms with Gasteiger partial charge in [-0.05, 0) is 31.7 Å². The molecule has 5 heteroatoms. The van der Waals surface area contributed by atoms with E-state index in [1.54, 1.807) is 6.20 Å². The zero-order chi connectivity index (χ0) is 14.8. The van der Waals surface area contributed by atoms with Crippen LogP contribution in [-0.4, -0.2) is 14.5 Å². The van der Waals surface area contributed by atoms with Gasteiger partial charge in [-0.25, -0.2) is 9.97 Å². The molecule has 1 saturated carbocycles. The van der Waals surface area contributed by atoms with Crippen molar-refractivity contribution in [2.24, 2.45) is 5.92 Å². The van der Waals surface area contributed by atoms with Crippen molar-refractivity contribution in [3.05, 3.63) is 23.1 Å². The number of pyridine rings is 1. The quantitative estimate of drug-likeness (QED) is 0.693. The maximum Gasteiger partial charge on any atom is 0.160 e. The number of aromatic nitrogens is 3. The van der Waals surface area contributed by atoms with Crippen molar-refractivity contribution in [1.82, 2.24) is 14.5 Å². The fourth-order valence-electron chi connectivity index (χ4n) is 3.37. The summed E-state index contributed by atoms with van der Waals surface area (Å²) < 4.78 is 2.16. The van der Waals surface area contributed by atoms with Gasteiger partial charge in [0, 0.05) is 12.7 Å². The largest absolute Gasteiger partial charge is 0.311 e. The van der Waals surface area contributed by atoms with Crippen molar-refractivity contribution in [3.63, 3.8) is 0 Å². The molecule has 114 valence electrons. The molecule has 3 nitrogen and oxygen atoms in total. The lowest BCUT2D eigenvalue weighted by Crippen LogP contribution is -2.07. The van der Waals surface area contributed by atoms with Crippen LogP contribution < -0.4 is 0 Å². The average Bonchev–Trinajstić information content (AvgIpc) is 3.06. The summed E-state index contributed by atoms with van der Waals surface area (Å²) in [4.78, 5) is 9.05. The van der Waals surface area contributed by atoms with Crippen LogP contribution >= 0.6 is 23.2 Å². The van der Waals surface area contributed by atoms with E-state index in [0.29, 0.717) is 5.02 Å². The predicted molar refractivity (Wildman–Crippen MR) is 88.0 cm³/mol. The van der Waals surface area contributed by atoms with E-state index in [4.69, 9.17) is 23.2 Å². The normalized spacial score (nSPS) is 17.7. The molecule has 0 saturated heterocycles. The van der Waals surface area contributed by atoms with Crippen molar-refractivity contribution in [2.75, 3.05) is 0 Å². The summed E-state index contributed by atoms with van der Waals surface area (Å²) in [6.07, 6.45) is 9.75. The first-order chi connectivity index (χ1) is 10.1. The maximum atomic E-state index is 6.28. The number of hydrogen-bond acceptors (Lipinski definition) is 2. The highest BCUT2D eigenvalue weighted by molar-refractivity contribution is 6.31. The Labute approximate surface area is 135 Å². The molecular weight excluding hydrogens is 305 g/mol. The number of hydrogen-bond donors (Lipinski definition) is 0. The third-order valence-corrected chi connectivity index (χ3v) is 4.81. The molecule has 1 atom stereocenters. The van der Waals surface area contributed by atoms with E-state index in [1.165, 1.54) is 32.1 Å². The molecular formula is C16H21Cl2N3. The van der Waals surface area contributed by atoms with E-state index < -0.39 is 0 Å². The van der Waals surface area contributed by atoms with Gasteiger partial charge >= 0.3 is 0 Å². The van der Waals surface area contributed by atoms with Gasteiger partial charge in [-0.2, -0.15) is 0 Å². The predicted octanol–water partition coefficient (Wildman–Crippen LogP) is 5.35. The minimum atomic E-state index is -0.121. The minimum absolute atomic E-state index is 0.121. The van der Waals surface area contributed by atoms with Gasteiger partial charge in [-0.15, -0.1) is 11.6 Å². The van der Waals surface area contributed by atoms with Crippen LogP contribution in [0.5, 0.6) is 0 Å². The minimum Gasteiger partial charge on any atom is -0.311 e. The number of aryl methyl sites for hydroxylation is 1. The first kappa shape index (κ1) is 15.1. The second kappa shape index (κ2) is 6.53. The standard InChI is InChI=1S/C16H21Cl2N3/c1-11(17)15-20-14-9-13(18)10-19-16(14)21(15)8-4-7-12-5-2-3-6-12/h9-12H,2-8H2,1H3. The number of halogens is 2. The van der Waals surface area contributed by atoms with Crippen LogP contribution in [0.15, 0.2) is 12.3 Å². The second-order valence-corrected chi connectivity index (χ2v) is 7.12. The molecule has 0 radical (unpaired) electrons. The molecule has 1 aliphatic carbocycles. The average molecular weight is 326 g/mol. The molecule has 2 aromatic heterocycles. The monoisotopic (exact) mass is 325 g/mol. The van der Waals surface area contributed by atoms with Gasteiger partial charge in [-0.1, -0.05) is 37.3 Å². The summed E-state index contributed by atoms with van der Waals surface area (Å²) in [5.41, 5.74) is 1.74. The summed E-state index contributed by atoms with van der Waals surface area (Å²) >= 11 is 12.3. The Balaban J connectivity index is 1.79. The number of fused-ring (bicyclic) bond motifs is 1. The highest BCUT2D eigenvalue weighted by Gasteiger charge is 2.18. The van der Waals surface area contributed by atoms with Crippen molar-refractivity contribution in [2.45, 2.75) is 57.4 Å². The Kier molecular flexibility index (Phi) is 4.70. The lowest BCUT2D eigenvalue weighted by molar-refractivity contribution is 0.457. The molecule has 1 fully saturated rings. The van der Waals surface area contributed by atoms with Crippen LogP contribution in [0.4, 0.5) is 0 Å². The topological polar surface area (TPSA) is 30.7 Å². The number of nitrogens with zero attached hydrogens (tertiary/aromatic N) is 3. The van der Waals surface area contributed by atoms with Gasteiger partial charge in [0.2, 0.25) is 0 Å². The molecule has 2 aromatic rings. The lowest BCUT2D eigenvalue weighted by Gasteiger charge is -2.12. The van der Waals surface area contributed by atoms with Crippen molar-refractivity contribution in [3.8, 4) is 0 Å². The molecule has 3 rings (SSSR count). The third-order valence-electron chi connectivity index (χ3n) is 4.41. The second-order valence-electron chi connectivity index (χ2n) is 6.03. The first-order valence-corrected chi connectivity index (χ1v) is 8.62. The summed E-state index contributed by atoms with van der Waals surface area (Å²) in [6, 6.07) is 1.86. The Hall–Kier alpha value is -0.800. The highest BCUT2D eigenvalue weighted by atomic mass is 35.5. The Bertz CT molecular complexity index is 615. The summed E-state index contributed by atoms with van der Waals surface area (Å²) in [6.45, 7) is 2.89. The van der Waals surface area contributed by atoms with E-state index in [-0.39, 0.29) is 5.38 Å². The number of alkyl halides is 1. The lowest BCUT2D eigenvalue weighted by atomic mass is 10.0.